The second-order valence-corrected chi connectivity index (χ2v) is 6.97. The molecular weight excluding hydrogens is 333 g/mol. The topological polar surface area (TPSA) is 56.5 Å². The van der Waals surface area contributed by atoms with Crippen molar-refractivity contribution in [2.75, 3.05) is 0 Å². The number of thioether (sulfide) groups is 1. The van der Waals surface area contributed by atoms with Crippen LogP contribution in [-0.4, -0.2) is 25.2 Å². The van der Waals surface area contributed by atoms with Gasteiger partial charge in [0, 0.05) is 0 Å². The number of hydrogen-bond acceptors (Lipinski definition) is 6. The SMILES string of the molecule is Fc1ccc(-n2nnnc2CSc2nc3ccccc3s2)cc1. The largest absolute Gasteiger partial charge is 0.230 e. The van der Waals surface area contributed by atoms with Crippen LogP contribution >= 0.6 is 23.1 Å². The average molecular weight is 343 g/mol. The maximum Gasteiger partial charge on any atom is 0.167 e. The van der Waals surface area contributed by atoms with Crippen molar-refractivity contribution < 1.29 is 4.39 Å². The second kappa shape index (κ2) is 6.05. The molecule has 2 heterocycles. The van der Waals surface area contributed by atoms with Gasteiger partial charge in [-0.05, 0) is 46.8 Å². The quantitative estimate of drug-likeness (QED) is 0.529. The summed E-state index contributed by atoms with van der Waals surface area (Å²) in [4.78, 5) is 4.58. The molecule has 4 aromatic rings. The van der Waals surface area contributed by atoms with Crippen LogP contribution in [0.15, 0.2) is 52.9 Å². The predicted octanol–water partition coefficient (Wildman–Crippen LogP) is 3.70. The van der Waals surface area contributed by atoms with Gasteiger partial charge in [0.05, 0.1) is 21.7 Å². The molecule has 0 radical (unpaired) electrons. The monoisotopic (exact) mass is 343 g/mol. The number of nitrogens with zero attached hydrogens (tertiary/aromatic N) is 5. The van der Waals surface area contributed by atoms with Crippen molar-refractivity contribution in [3.63, 3.8) is 0 Å². The number of thiazole rings is 1. The predicted molar refractivity (Wildman–Crippen MR) is 88.3 cm³/mol. The fourth-order valence-corrected chi connectivity index (χ4v) is 4.09. The minimum absolute atomic E-state index is 0.285. The molecule has 2 aromatic heterocycles. The first kappa shape index (κ1) is 14.3. The van der Waals surface area contributed by atoms with Crippen molar-refractivity contribution in [1.29, 1.82) is 0 Å². The van der Waals surface area contributed by atoms with E-state index in [9.17, 15) is 4.39 Å². The number of tetrazole rings is 1. The van der Waals surface area contributed by atoms with Gasteiger partial charge in [-0.2, -0.15) is 4.68 Å². The van der Waals surface area contributed by atoms with Gasteiger partial charge in [0.15, 0.2) is 10.2 Å². The molecule has 114 valence electrons. The molecule has 5 nitrogen and oxygen atoms in total. The Kier molecular flexibility index (Phi) is 3.76. The lowest BCUT2D eigenvalue weighted by atomic mass is 10.3. The summed E-state index contributed by atoms with van der Waals surface area (Å²) in [6, 6.07) is 14.1. The van der Waals surface area contributed by atoms with E-state index in [1.165, 1.54) is 12.1 Å². The number of rotatable bonds is 4. The van der Waals surface area contributed by atoms with Crippen LogP contribution in [0, 0.1) is 5.82 Å². The first-order chi connectivity index (χ1) is 11.3. The standard InChI is InChI=1S/C15H10FN5S2/c16-10-5-7-11(8-6-10)21-14(18-19-20-21)9-22-15-17-12-3-1-2-4-13(12)23-15/h1-8H,9H2. The Labute approximate surface area is 139 Å². The van der Waals surface area contributed by atoms with E-state index in [0.717, 1.165) is 20.2 Å². The number of halogens is 1. The van der Waals surface area contributed by atoms with Crippen LogP contribution in [0.1, 0.15) is 5.82 Å². The molecular formula is C15H10FN5S2. The zero-order valence-corrected chi connectivity index (χ0v) is 13.4. The van der Waals surface area contributed by atoms with Crippen LogP contribution in [0.4, 0.5) is 4.39 Å². The maximum atomic E-state index is 13.0. The van der Waals surface area contributed by atoms with E-state index in [2.05, 4.69) is 26.6 Å². The van der Waals surface area contributed by atoms with Gasteiger partial charge in [-0.25, -0.2) is 9.37 Å². The second-order valence-electron chi connectivity index (χ2n) is 4.72. The number of para-hydroxylation sites is 1. The van der Waals surface area contributed by atoms with E-state index < -0.39 is 0 Å². The minimum atomic E-state index is -0.285. The third kappa shape index (κ3) is 2.95. The number of hydrogen-bond donors (Lipinski definition) is 0. The molecule has 0 bridgehead atoms. The van der Waals surface area contributed by atoms with Crippen LogP contribution in [-0.2, 0) is 5.75 Å². The number of benzene rings is 2. The van der Waals surface area contributed by atoms with E-state index in [1.807, 2.05) is 18.2 Å². The smallest absolute Gasteiger partial charge is 0.167 e. The molecule has 0 atom stereocenters. The lowest BCUT2D eigenvalue weighted by Gasteiger charge is -2.03. The highest BCUT2D eigenvalue weighted by atomic mass is 32.2. The Morgan fingerprint density at radius 2 is 1.91 bits per heavy atom. The van der Waals surface area contributed by atoms with Crippen molar-refractivity contribution in [2.45, 2.75) is 10.1 Å². The lowest BCUT2D eigenvalue weighted by Crippen LogP contribution is -2.02. The fourth-order valence-electron chi connectivity index (χ4n) is 2.12. The molecule has 2 aromatic carbocycles. The summed E-state index contributed by atoms with van der Waals surface area (Å²) in [5.74, 6) is 0.998. The normalized spacial score (nSPS) is 11.2. The van der Waals surface area contributed by atoms with Crippen molar-refractivity contribution >= 4 is 33.3 Å². The number of fused-ring (bicyclic) bond motifs is 1. The Morgan fingerprint density at radius 3 is 2.74 bits per heavy atom. The van der Waals surface area contributed by atoms with Crippen molar-refractivity contribution in [1.82, 2.24) is 25.2 Å². The molecule has 0 spiro atoms. The van der Waals surface area contributed by atoms with Gasteiger partial charge in [-0.15, -0.1) is 16.4 Å². The first-order valence-corrected chi connectivity index (χ1v) is 8.61. The summed E-state index contributed by atoms with van der Waals surface area (Å²) < 4.78 is 16.8. The van der Waals surface area contributed by atoms with Crippen LogP contribution < -0.4 is 0 Å². The van der Waals surface area contributed by atoms with Crippen molar-refractivity contribution in [2.24, 2.45) is 0 Å². The highest BCUT2D eigenvalue weighted by Crippen LogP contribution is 2.31. The van der Waals surface area contributed by atoms with E-state index in [0.29, 0.717) is 11.6 Å². The molecule has 0 unspecified atom stereocenters. The summed E-state index contributed by atoms with van der Waals surface area (Å²) in [5.41, 5.74) is 1.73. The summed E-state index contributed by atoms with van der Waals surface area (Å²) in [7, 11) is 0. The average Bonchev–Trinajstić information content (AvgIpc) is 3.19. The third-order valence-electron chi connectivity index (χ3n) is 3.20. The molecule has 0 fully saturated rings. The Balaban J connectivity index is 1.55. The molecule has 0 aliphatic heterocycles. The molecule has 0 N–H and O–H groups in total. The lowest BCUT2D eigenvalue weighted by molar-refractivity contribution is 0.626. The van der Waals surface area contributed by atoms with E-state index in [1.54, 1.807) is 39.9 Å². The Bertz CT molecular complexity index is 915. The zero-order chi connectivity index (χ0) is 15.6. The minimum Gasteiger partial charge on any atom is -0.230 e. The first-order valence-electron chi connectivity index (χ1n) is 6.81. The summed E-state index contributed by atoms with van der Waals surface area (Å²) in [5, 5.41) is 11.7. The third-order valence-corrected chi connectivity index (χ3v) is 5.38. The van der Waals surface area contributed by atoms with Gasteiger partial charge >= 0.3 is 0 Å². The fraction of sp³-hybridized carbons (Fsp3) is 0.0667. The molecule has 23 heavy (non-hydrogen) atoms. The van der Waals surface area contributed by atoms with E-state index in [4.69, 9.17) is 0 Å². The summed E-state index contributed by atoms with van der Waals surface area (Å²) >= 11 is 3.23. The van der Waals surface area contributed by atoms with Crippen LogP contribution in [0.5, 0.6) is 0 Å². The van der Waals surface area contributed by atoms with Gasteiger partial charge in [0.1, 0.15) is 5.82 Å². The van der Waals surface area contributed by atoms with Gasteiger partial charge < -0.3 is 0 Å². The van der Waals surface area contributed by atoms with Crippen LogP contribution in [0.2, 0.25) is 0 Å². The van der Waals surface area contributed by atoms with Gasteiger partial charge in [-0.1, -0.05) is 23.9 Å². The zero-order valence-electron chi connectivity index (χ0n) is 11.8. The molecule has 8 heteroatoms. The molecule has 0 aliphatic carbocycles. The molecule has 0 amide bonds. The van der Waals surface area contributed by atoms with Gasteiger partial charge in [0.25, 0.3) is 0 Å². The van der Waals surface area contributed by atoms with E-state index >= 15 is 0 Å². The molecule has 0 aliphatic rings. The maximum absolute atomic E-state index is 13.0. The molecule has 4 rings (SSSR count). The Morgan fingerprint density at radius 1 is 1.09 bits per heavy atom. The summed E-state index contributed by atoms with van der Waals surface area (Å²) in [6.07, 6.45) is 0. The highest BCUT2D eigenvalue weighted by molar-refractivity contribution is 8.00. The van der Waals surface area contributed by atoms with Crippen molar-refractivity contribution in [3.05, 3.63) is 60.2 Å². The van der Waals surface area contributed by atoms with Gasteiger partial charge in [-0.3, -0.25) is 0 Å². The molecule has 0 saturated heterocycles. The summed E-state index contributed by atoms with van der Waals surface area (Å²) in [6.45, 7) is 0. The highest BCUT2D eigenvalue weighted by Gasteiger charge is 2.11. The number of aromatic nitrogens is 5. The Hall–Kier alpha value is -2.32. The van der Waals surface area contributed by atoms with Crippen molar-refractivity contribution in [3.8, 4) is 5.69 Å². The van der Waals surface area contributed by atoms with Gasteiger partial charge in [0.2, 0.25) is 0 Å². The van der Waals surface area contributed by atoms with Crippen LogP contribution in [0.3, 0.4) is 0 Å². The molecule has 0 saturated carbocycles. The van der Waals surface area contributed by atoms with Crippen LogP contribution in [0.25, 0.3) is 15.9 Å². The van der Waals surface area contributed by atoms with E-state index in [-0.39, 0.29) is 5.82 Å².